The topological polar surface area (TPSA) is 50.5 Å². The molecule has 1 aliphatic rings. The monoisotopic (exact) mass is 351 g/mol. The molecule has 1 saturated heterocycles. The number of rotatable bonds is 6. The van der Waals surface area contributed by atoms with Crippen LogP contribution in [0.5, 0.6) is 5.75 Å². The van der Waals surface area contributed by atoms with Crippen LogP contribution in [0.4, 0.5) is 6.01 Å². The highest BCUT2D eigenvalue weighted by atomic mass is 16.5. The van der Waals surface area contributed by atoms with Gasteiger partial charge in [0.25, 0.3) is 6.01 Å². The summed E-state index contributed by atoms with van der Waals surface area (Å²) in [5.41, 5.74) is 2.99. The van der Waals surface area contributed by atoms with Crippen LogP contribution < -0.4 is 10.1 Å². The number of fused-ring (bicyclic) bond motifs is 1. The van der Waals surface area contributed by atoms with Gasteiger partial charge in [-0.25, -0.2) is 0 Å². The molecule has 3 aromatic rings. The lowest BCUT2D eigenvalue weighted by molar-refractivity contribution is 0.170. The van der Waals surface area contributed by atoms with Gasteiger partial charge in [-0.1, -0.05) is 30.7 Å². The number of nitrogens with one attached hydrogen (secondary N) is 1. The zero-order valence-electron chi connectivity index (χ0n) is 15.1. The Morgan fingerprint density at radius 3 is 2.58 bits per heavy atom. The summed E-state index contributed by atoms with van der Waals surface area (Å²) in [7, 11) is 1.70. The highest BCUT2D eigenvalue weighted by molar-refractivity contribution is 5.74. The highest BCUT2D eigenvalue weighted by Crippen LogP contribution is 2.27. The summed E-state index contributed by atoms with van der Waals surface area (Å²) in [5.74, 6) is 0.887. The summed E-state index contributed by atoms with van der Waals surface area (Å²) in [4.78, 5) is 7.09. The zero-order valence-corrected chi connectivity index (χ0v) is 15.1. The third-order valence-electron chi connectivity index (χ3n) is 5.07. The number of hydrogen-bond acceptors (Lipinski definition) is 5. The van der Waals surface area contributed by atoms with Crippen molar-refractivity contribution in [2.75, 3.05) is 32.1 Å². The molecule has 1 aliphatic heterocycles. The molecule has 1 fully saturated rings. The van der Waals surface area contributed by atoms with Crippen molar-refractivity contribution < 1.29 is 9.15 Å². The summed E-state index contributed by atoms with van der Waals surface area (Å²) in [6, 6.07) is 17.1. The maximum absolute atomic E-state index is 5.82. The minimum atomic E-state index is 0.288. The number of para-hydroxylation sites is 2. The molecule has 4 rings (SSSR count). The maximum Gasteiger partial charge on any atom is 0.295 e. The molecule has 5 nitrogen and oxygen atoms in total. The van der Waals surface area contributed by atoms with Gasteiger partial charge in [0.15, 0.2) is 5.58 Å². The predicted molar refractivity (Wildman–Crippen MR) is 104 cm³/mol. The van der Waals surface area contributed by atoms with Crippen molar-refractivity contribution in [1.29, 1.82) is 0 Å². The lowest BCUT2D eigenvalue weighted by Crippen LogP contribution is -2.37. The number of oxazole rings is 1. The maximum atomic E-state index is 5.82. The van der Waals surface area contributed by atoms with Gasteiger partial charge in [0.05, 0.1) is 13.2 Å². The van der Waals surface area contributed by atoms with E-state index in [4.69, 9.17) is 9.15 Å². The molecule has 0 saturated carbocycles. The Morgan fingerprint density at radius 2 is 1.85 bits per heavy atom. The van der Waals surface area contributed by atoms with Crippen LogP contribution in [0, 0.1) is 0 Å². The quantitative estimate of drug-likeness (QED) is 0.710. The van der Waals surface area contributed by atoms with Crippen molar-refractivity contribution in [1.82, 2.24) is 9.88 Å². The van der Waals surface area contributed by atoms with Crippen molar-refractivity contribution >= 4 is 17.1 Å². The fraction of sp³-hybridized carbons (Fsp3) is 0.381. The van der Waals surface area contributed by atoms with Crippen LogP contribution >= 0.6 is 0 Å². The van der Waals surface area contributed by atoms with Crippen molar-refractivity contribution in [2.45, 2.75) is 25.3 Å². The van der Waals surface area contributed by atoms with Crippen LogP contribution in [0.1, 0.15) is 30.9 Å². The first kappa shape index (κ1) is 16.9. The molecule has 2 heterocycles. The Bertz CT molecular complexity index is 805. The SMILES string of the molecule is COc1ccc([C@@H](CNc2nc3ccccc3o2)N2CCCCC2)cc1. The smallest absolute Gasteiger partial charge is 0.295 e. The first-order chi connectivity index (χ1) is 12.8. The second kappa shape index (κ2) is 7.79. The Labute approximate surface area is 154 Å². The second-order valence-electron chi connectivity index (χ2n) is 6.75. The Balaban J connectivity index is 1.53. The van der Waals surface area contributed by atoms with Crippen LogP contribution in [-0.2, 0) is 0 Å². The first-order valence-electron chi connectivity index (χ1n) is 9.31. The fourth-order valence-electron chi connectivity index (χ4n) is 3.65. The largest absolute Gasteiger partial charge is 0.497 e. The van der Waals surface area contributed by atoms with E-state index in [0.29, 0.717) is 6.01 Å². The Morgan fingerprint density at radius 1 is 1.08 bits per heavy atom. The van der Waals surface area contributed by atoms with E-state index in [2.05, 4.69) is 27.3 Å². The molecule has 1 N–H and O–H groups in total. The molecule has 5 heteroatoms. The molecule has 0 unspecified atom stereocenters. The van der Waals surface area contributed by atoms with Gasteiger partial charge in [0.1, 0.15) is 11.3 Å². The molecule has 1 aromatic heterocycles. The van der Waals surface area contributed by atoms with Gasteiger partial charge < -0.3 is 14.5 Å². The fourth-order valence-corrected chi connectivity index (χ4v) is 3.65. The summed E-state index contributed by atoms with van der Waals surface area (Å²) in [5, 5.41) is 3.41. The van der Waals surface area contributed by atoms with Gasteiger partial charge in [-0.3, -0.25) is 4.90 Å². The molecule has 2 aromatic carbocycles. The molecular weight excluding hydrogens is 326 g/mol. The van der Waals surface area contributed by atoms with E-state index in [0.717, 1.165) is 36.5 Å². The standard InChI is InChI=1S/C21H25N3O2/c1-25-17-11-9-16(10-12-17)19(24-13-5-2-6-14-24)15-22-21-23-18-7-3-4-8-20(18)26-21/h3-4,7-12,19H,2,5-6,13-15H2,1H3,(H,22,23)/t19-/m1/s1. The number of ether oxygens (including phenoxy) is 1. The second-order valence-corrected chi connectivity index (χ2v) is 6.75. The highest BCUT2D eigenvalue weighted by Gasteiger charge is 2.23. The molecule has 0 radical (unpaired) electrons. The van der Waals surface area contributed by atoms with E-state index in [-0.39, 0.29) is 6.04 Å². The molecule has 136 valence electrons. The molecule has 1 atom stereocenters. The minimum absolute atomic E-state index is 0.288. The van der Waals surface area contributed by atoms with E-state index in [1.54, 1.807) is 7.11 Å². The third kappa shape index (κ3) is 3.68. The minimum Gasteiger partial charge on any atom is -0.497 e. The predicted octanol–water partition coefficient (Wildman–Crippen LogP) is 4.48. The van der Waals surface area contributed by atoms with Gasteiger partial charge in [0, 0.05) is 6.54 Å². The lowest BCUT2D eigenvalue weighted by atomic mass is 10.0. The lowest BCUT2D eigenvalue weighted by Gasteiger charge is -2.35. The molecule has 26 heavy (non-hydrogen) atoms. The van der Waals surface area contributed by atoms with Gasteiger partial charge in [-0.05, 0) is 55.8 Å². The summed E-state index contributed by atoms with van der Waals surface area (Å²) in [6.07, 6.45) is 3.84. The number of hydrogen-bond donors (Lipinski definition) is 1. The number of anilines is 1. The van der Waals surface area contributed by atoms with E-state index >= 15 is 0 Å². The van der Waals surface area contributed by atoms with E-state index < -0.39 is 0 Å². The van der Waals surface area contributed by atoms with E-state index in [1.165, 1.54) is 24.8 Å². The van der Waals surface area contributed by atoms with Crippen LogP contribution in [0.25, 0.3) is 11.1 Å². The number of methoxy groups -OCH3 is 1. The normalized spacial score (nSPS) is 16.5. The zero-order chi connectivity index (χ0) is 17.8. The number of piperidine rings is 1. The number of benzene rings is 2. The Kier molecular flexibility index (Phi) is 5.07. The van der Waals surface area contributed by atoms with Gasteiger partial charge in [-0.2, -0.15) is 4.98 Å². The van der Waals surface area contributed by atoms with Gasteiger partial charge in [-0.15, -0.1) is 0 Å². The van der Waals surface area contributed by atoms with Crippen LogP contribution in [0.3, 0.4) is 0 Å². The Hall–Kier alpha value is -2.53. The number of nitrogens with zero attached hydrogens (tertiary/aromatic N) is 2. The number of likely N-dealkylation sites (tertiary alicyclic amines) is 1. The third-order valence-corrected chi connectivity index (χ3v) is 5.07. The van der Waals surface area contributed by atoms with Crippen LogP contribution in [0.15, 0.2) is 52.9 Å². The average Bonchev–Trinajstić information content (AvgIpc) is 3.12. The molecule has 0 spiro atoms. The van der Waals surface area contributed by atoms with Crippen LogP contribution in [-0.4, -0.2) is 36.6 Å². The average molecular weight is 351 g/mol. The van der Waals surface area contributed by atoms with Crippen molar-refractivity contribution in [3.8, 4) is 5.75 Å². The summed E-state index contributed by atoms with van der Waals surface area (Å²) < 4.78 is 11.1. The van der Waals surface area contributed by atoms with Crippen molar-refractivity contribution in [3.63, 3.8) is 0 Å². The molecule has 0 aliphatic carbocycles. The van der Waals surface area contributed by atoms with Gasteiger partial charge in [0.2, 0.25) is 0 Å². The number of aromatic nitrogens is 1. The molecule has 0 amide bonds. The first-order valence-corrected chi connectivity index (χ1v) is 9.31. The summed E-state index contributed by atoms with van der Waals surface area (Å²) in [6.45, 7) is 3.02. The summed E-state index contributed by atoms with van der Waals surface area (Å²) >= 11 is 0. The van der Waals surface area contributed by atoms with Crippen molar-refractivity contribution in [2.24, 2.45) is 0 Å². The van der Waals surface area contributed by atoms with E-state index in [9.17, 15) is 0 Å². The van der Waals surface area contributed by atoms with E-state index in [1.807, 2.05) is 36.4 Å². The molecule has 0 bridgehead atoms. The van der Waals surface area contributed by atoms with Crippen molar-refractivity contribution in [3.05, 3.63) is 54.1 Å². The molecular formula is C21H25N3O2. The van der Waals surface area contributed by atoms with Gasteiger partial charge >= 0.3 is 0 Å². The van der Waals surface area contributed by atoms with Crippen LogP contribution in [0.2, 0.25) is 0 Å².